The van der Waals surface area contributed by atoms with Gasteiger partial charge >= 0.3 is 0 Å². The number of H-pyrrole nitrogens is 1. The van der Waals surface area contributed by atoms with E-state index in [1.165, 1.54) is 0 Å². The van der Waals surface area contributed by atoms with Crippen molar-refractivity contribution in [3.63, 3.8) is 0 Å². The molecule has 3 rings (SSSR count). The fourth-order valence-electron chi connectivity index (χ4n) is 2.65. The number of benzene rings is 1. The number of carbonyl (C=O) groups excluding carboxylic acids is 1. The molecule has 1 aromatic carbocycles. The molecule has 0 radical (unpaired) electrons. The Morgan fingerprint density at radius 3 is 2.73 bits per heavy atom. The maximum Gasteiger partial charge on any atom is 0.268 e. The van der Waals surface area contributed by atoms with Crippen LogP contribution < -0.4 is 5.32 Å². The van der Waals surface area contributed by atoms with Gasteiger partial charge in [0, 0.05) is 21.5 Å². The largest absolute Gasteiger partial charge is 0.466 e. The van der Waals surface area contributed by atoms with E-state index in [0.29, 0.717) is 10.7 Å². The summed E-state index contributed by atoms with van der Waals surface area (Å²) in [5.74, 6) is 1.51. The predicted octanol–water partition coefficient (Wildman–Crippen LogP) is 4.52. The highest BCUT2D eigenvalue weighted by atomic mass is 35.5. The lowest BCUT2D eigenvalue weighted by Gasteiger charge is -2.12. The average Bonchev–Trinajstić information content (AvgIpc) is 3.01. The van der Waals surface area contributed by atoms with Crippen molar-refractivity contribution in [2.45, 2.75) is 26.8 Å². The van der Waals surface area contributed by atoms with E-state index >= 15 is 0 Å². The van der Waals surface area contributed by atoms with Crippen LogP contribution in [0.3, 0.4) is 0 Å². The Labute approximate surface area is 133 Å². The van der Waals surface area contributed by atoms with Crippen LogP contribution in [0.5, 0.6) is 0 Å². The highest BCUT2D eigenvalue weighted by Gasteiger charge is 2.17. The lowest BCUT2D eigenvalue weighted by Crippen LogP contribution is -2.27. The number of aryl methyl sites for hydroxylation is 2. The van der Waals surface area contributed by atoms with Crippen LogP contribution in [0.15, 0.2) is 34.7 Å². The summed E-state index contributed by atoms with van der Waals surface area (Å²) in [6.07, 6.45) is 0. The number of aromatic nitrogens is 1. The molecular weight excluding hydrogens is 300 g/mol. The maximum absolute atomic E-state index is 12.4. The number of hydrogen-bond donors (Lipinski definition) is 2. The summed E-state index contributed by atoms with van der Waals surface area (Å²) < 4.78 is 5.51. The number of furan rings is 1. The van der Waals surface area contributed by atoms with Crippen molar-refractivity contribution in [3.8, 4) is 0 Å². The fourth-order valence-corrected chi connectivity index (χ4v) is 2.83. The number of aromatic amines is 1. The third kappa shape index (κ3) is 2.74. The first-order valence-electron chi connectivity index (χ1n) is 7.10. The molecule has 3 aromatic rings. The van der Waals surface area contributed by atoms with Crippen molar-refractivity contribution in [1.29, 1.82) is 0 Å². The van der Waals surface area contributed by atoms with Crippen LogP contribution >= 0.6 is 11.6 Å². The van der Waals surface area contributed by atoms with Gasteiger partial charge in [0.1, 0.15) is 17.2 Å². The van der Waals surface area contributed by atoms with Gasteiger partial charge in [0.05, 0.1) is 6.04 Å². The van der Waals surface area contributed by atoms with Crippen LogP contribution in [0.2, 0.25) is 5.02 Å². The topological polar surface area (TPSA) is 58.0 Å². The second kappa shape index (κ2) is 5.54. The molecular formula is C17H17ClN2O2. The number of carbonyl (C=O) groups is 1. The molecule has 0 saturated carbocycles. The molecule has 0 aliphatic carbocycles. The van der Waals surface area contributed by atoms with Crippen LogP contribution in [0, 0.1) is 13.8 Å². The Kier molecular flexibility index (Phi) is 3.71. The van der Waals surface area contributed by atoms with Crippen molar-refractivity contribution in [2.24, 2.45) is 0 Å². The smallest absolute Gasteiger partial charge is 0.268 e. The van der Waals surface area contributed by atoms with E-state index < -0.39 is 0 Å². The van der Waals surface area contributed by atoms with E-state index in [4.69, 9.17) is 16.0 Å². The van der Waals surface area contributed by atoms with E-state index in [1.807, 2.05) is 39.0 Å². The molecule has 0 bridgehead atoms. The summed E-state index contributed by atoms with van der Waals surface area (Å²) in [5.41, 5.74) is 2.35. The molecule has 1 unspecified atom stereocenters. The second-order valence-corrected chi connectivity index (χ2v) is 5.91. The molecule has 22 heavy (non-hydrogen) atoms. The molecule has 0 saturated heterocycles. The Morgan fingerprint density at radius 2 is 2.05 bits per heavy atom. The minimum atomic E-state index is -0.155. The summed E-state index contributed by atoms with van der Waals surface area (Å²) >= 11 is 5.96. The van der Waals surface area contributed by atoms with Crippen molar-refractivity contribution in [1.82, 2.24) is 10.3 Å². The van der Waals surface area contributed by atoms with E-state index in [1.54, 1.807) is 12.1 Å². The average molecular weight is 317 g/mol. The molecule has 0 spiro atoms. The first kappa shape index (κ1) is 14.7. The molecule has 1 atom stereocenters. The lowest BCUT2D eigenvalue weighted by atomic mass is 10.1. The minimum absolute atomic E-state index is 0.125. The van der Waals surface area contributed by atoms with Crippen molar-refractivity contribution in [3.05, 3.63) is 58.1 Å². The molecule has 5 heteroatoms. The van der Waals surface area contributed by atoms with E-state index in [9.17, 15) is 4.79 Å². The number of fused-ring (bicyclic) bond motifs is 1. The van der Waals surface area contributed by atoms with Gasteiger partial charge in [0.25, 0.3) is 5.91 Å². The first-order valence-corrected chi connectivity index (χ1v) is 7.48. The Morgan fingerprint density at radius 1 is 1.27 bits per heavy atom. The van der Waals surface area contributed by atoms with Gasteiger partial charge < -0.3 is 14.7 Å². The molecule has 0 fully saturated rings. The van der Waals surface area contributed by atoms with Gasteiger partial charge in [-0.1, -0.05) is 17.7 Å². The van der Waals surface area contributed by atoms with Gasteiger partial charge in [-0.2, -0.15) is 0 Å². The van der Waals surface area contributed by atoms with E-state index in [0.717, 1.165) is 28.0 Å². The molecule has 0 aliphatic rings. The number of amides is 1. The predicted molar refractivity (Wildman–Crippen MR) is 87.4 cm³/mol. The van der Waals surface area contributed by atoms with E-state index in [-0.39, 0.29) is 11.9 Å². The summed E-state index contributed by atoms with van der Waals surface area (Å²) in [5, 5.41) is 4.57. The molecule has 2 N–H and O–H groups in total. The summed E-state index contributed by atoms with van der Waals surface area (Å²) in [4.78, 5) is 15.5. The summed E-state index contributed by atoms with van der Waals surface area (Å²) in [6, 6.07) is 9.14. The Balaban J connectivity index is 1.82. The third-order valence-corrected chi connectivity index (χ3v) is 3.96. The number of nitrogens with one attached hydrogen (secondary N) is 2. The SMILES string of the molecule is Cc1cc(C(C)NC(=O)c2cc3ccc(Cl)cc3[nH]2)c(C)o1. The molecule has 2 heterocycles. The van der Waals surface area contributed by atoms with Crippen molar-refractivity contribution < 1.29 is 9.21 Å². The highest BCUT2D eigenvalue weighted by Crippen LogP contribution is 2.23. The zero-order chi connectivity index (χ0) is 15.9. The maximum atomic E-state index is 12.4. The summed E-state index contributed by atoms with van der Waals surface area (Å²) in [7, 11) is 0. The molecule has 2 aromatic heterocycles. The molecule has 114 valence electrons. The van der Waals surface area contributed by atoms with Crippen molar-refractivity contribution in [2.75, 3.05) is 0 Å². The standard InChI is InChI=1S/C17H17ClN2O2/c1-9-6-14(11(3)22-9)10(2)19-17(21)16-7-12-4-5-13(18)8-15(12)20-16/h4-8,10,20H,1-3H3,(H,19,21). The highest BCUT2D eigenvalue weighted by molar-refractivity contribution is 6.31. The quantitative estimate of drug-likeness (QED) is 0.746. The number of halogens is 1. The van der Waals surface area contributed by atoms with Crippen LogP contribution in [0.4, 0.5) is 0 Å². The monoisotopic (exact) mass is 316 g/mol. The number of hydrogen-bond acceptors (Lipinski definition) is 2. The molecule has 4 nitrogen and oxygen atoms in total. The second-order valence-electron chi connectivity index (χ2n) is 5.48. The zero-order valence-corrected chi connectivity index (χ0v) is 13.4. The van der Waals surface area contributed by atoms with Crippen LogP contribution in [-0.4, -0.2) is 10.9 Å². The van der Waals surface area contributed by atoms with Crippen molar-refractivity contribution >= 4 is 28.4 Å². The van der Waals surface area contributed by atoms with Crippen LogP contribution in [-0.2, 0) is 0 Å². The molecule has 1 amide bonds. The van der Waals surface area contributed by atoms with Gasteiger partial charge in [-0.05, 0) is 45.0 Å². The fraction of sp³-hybridized carbons (Fsp3) is 0.235. The third-order valence-electron chi connectivity index (χ3n) is 3.72. The Bertz CT molecular complexity index is 848. The normalized spacial score (nSPS) is 12.5. The van der Waals surface area contributed by atoms with E-state index in [2.05, 4.69) is 10.3 Å². The van der Waals surface area contributed by atoms with Gasteiger partial charge in [0.2, 0.25) is 0 Å². The summed E-state index contributed by atoms with van der Waals surface area (Å²) in [6.45, 7) is 5.73. The first-order chi connectivity index (χ1) is 10.4. The Hall–Kier alpha value is -2.20. The van der Waals surface area contributed by atoms with Gasteiger partial charge in [-0.25, -0.2) is 0 Å². The van der Waals surface area contributed by atoms with Gasteiger partial charge in [-0.3, -0.25) is 4.79 Å². The minimum Gasteiger partial charge on any atom is -0.466 e. The number of rotatable bonds is 3. The van der Waals surface area contributed by atoms with Crippen LogP contribution in [0.1, 0.15) is 40.5 Å². The van der Waals surface area contributed by atoms with Gasteiger partial charge in [-0.15, -0.1) is 0 Å². The van der Waals surface area contributed by atoms with Gasteiger partial charge in [0.15, 0.2) is 0 Å². The molecule has 0 aliphatic heterocycles. The zero-order valence-electron chi connectivity index (χ0n) is 12.7. The lowest BCUT2D eigenvalue weighted by molar-refractivity contribution is 0.0935. The van der Waals surface area contributed by atoms with Crippen LogP contribution in [0.25, 0.3) is 10.9 Å².